The number of aromatic carboxylic acids is 1. The number of hydrogen-bond donors (Lipinski definition) is 7. The quantitative estimate of drug-likeness (QED) is 0.0140. The third kappa shape index (κ3) is 18.9. The van der Waals surface area contributed by atoms with Gasteiger partial charge in [-0.2, -0.15) is 0 Å². The molecule has 0 fully saturated rings. The molecule has 588 valence electrons. The van der Waals surface area contributed by atoms with Crippen molar-refractivity contribution in [3.63, 3.8) is 0 Å². The molecule has 112 heavy (non-hydrogen) atoms. The number of amides is 4. The first-order chi connectivity index (χ1) is 54.3. The van der Waals surface area contributed by atoms with Gasteiger partial charge in [-0.05, 0) is 74.1 Å². The predicted molar refractivity (Wildman–Crippen MR) is 460 cm³/mol. The fourth-order valence-electron chi connectivity index (χ4n) is 15.7. The van der Waals surface area contributed by atoms with Crippen molar-refractivity contribution >= 4 is 135 Å². The summed E-state index contributed by atoms with van der Waals surface area (Å²) in [6.45, 7) is 17.1. The van der Waals surface area contributed by atoms with E-state index >= 15 is 0 Å². The van der Waals surface area contributed by atoms with E-state index in [0.717, 1.165) is 70.8 Å². The van der Waals surface area contributed by atoms with E-state index in [1.807, 2.05) is 154 Å². The molecule has 0 radical (unpaired) electrons. The Morgan fingerprint density at radius 1 is 0.500 bits per heavy atom. The number of carboxylic acids is 1. The van der Waals surface area contributed by atoms with Crippen LogP contribution in [0.15, 0.2) is 207 Å². The first-order valence-corrected chi connectivity index (χ1v) is 45.4. The summed E-state index contributed by atoms with van der Waals surface area (Å²) >= 11 is 16.4. The standard InChI is InChI=1S/C90H104Cl2N8O10P2/c1-7-73-63(3)77-60-79-65(5)75(43-44-85(103)95-47-51-109-54-53-107-49-45-93-83(101)41-27-57-111(91,67-29-15-9-16-30-67,68-31-17-10-18-32-68)69-33-19-11-20-34-69)88(99-79)76(89-87(90(105)106)66(6)80(100-89)62-82-74(8-2)64(4)78(98-82)61-81(73)97-77)59-86(104)96-48-52-110-56-55-108-50-46-94-84(102)42-28-58-112(92,70-35-21-12-22-36-70,71-37-23-13-24-38-71)72-39-25-14-26-40-72/h7,9-26,29-40,60-62,65,75,97,100H,1,8,27-28,41-59H2,2-6H3,(H,93,101)(H,94,102)(H,95,103)(H,96,104)(H,105,106). The summed E-state index contributed by atoms with van der Waals surface area (Å²) in [6.07, 6.45) is 5.54. The zero-order valence-electron chi connectivity index (χ0n) is 64.7. The van der Waals surface area contributed by atoms with Crippen LogP contribution in [0, 0.1) is 13.8 Å². The van der Waals surface area contributed by atoms with E-state index < -0.39 is 29.7 Å². The number of halogens is 2. The second-order valence-electron chi connectivity index (χ2n) is 28.6. The number of aryl methyl sites for hydroxylation is 2. The summed E-state index contributed by atoms with van der Waals surface area (Å²) in [5, 5.41) is 29.5. The minimum absolute atomic E-state index is 0.00319. The molecule has 22 heteroatoms. The Labute approximate surface area is 666 Å². The van der Waals surface area contributed by atoms with Crippen LogP contribution in [0.25, 0.3) is 39.3 Å². The predicted octanol–water partition coefficient (Wildman–Crippen LogP) is 14.3. The fourth-order valence-corrected chi connectivity index (χ4v) is 28.1. The van der Waals surface area contributed by atoms with Gasteiger partial charge in [0.05, 0.1) is 34.6 Å². The van der Waals surface area contributed by atoms with Crippen LogP contribution in [-0.2, 0) is 44.5 Å². The molecule has 5 heterocycles. The van der Waals surface area contributed by atoms with Crippen molar-refractivity contribution < 1.29 is 48.0 Å². The largest absolute Gasteiger partial charge is 0.0562 e. The molecule has 2 aliphatic heterocycles. The van der Waals surface area contributed by atoms with Gasteiger partial charge in [-0.15, -0.1) is 0 Å². The van der Waals surface area contributed by atoms with Crippen molar-refractivity contribution in [3.8, 4) is 0 Å². The Hall–Kier alpha value is -9.45. The smallest absolute Gasteiger partial charge is 0.00686 e. The molecule has 0 spiro atoms. The normalized spacial score (nSPS) is 14.3. The zero-order valence-corrected chi connectivity index (χ0v) is 68.0. The van der Waals surface area contributed by atoms with Crippen LogP contribution < -0.4 is 53.1 Å². The first-order valence-electron chi connectivity index (χ1n) is 38.8. The average Bonchev–Trinajstić information content (AvgIpc) is 1.05. The minimum atomic E-state index is -3.51. The fraction of sp³-hybridized carbons (Fsp3) is 0.322. The molecule has 11 rings (SSSR count). The molecular formula is C90H104Cl2N8O10P2. The number of carbonyl (C=O) groups excluding carboxylic acids is 4. The number of carboxylic acid groups (broad SMARTS) is 1. The number of carbonyl (C=O) groups is 5. The molecule has 6 aromatic carbocycles. The van der Waals surface area contributed by atoms with Crippen LogP contribution in [0.5, 0.6) is 0 Å². The van der Waals surface area contributed by atoms with Crippen molar-refractivity contribution in [2.24, 2.45) is 0 Å². The van der Waals surface area contributed by atoms with E-state index in [9.17, 15) is 29.1 Å². The number of H-pyrrole nitrogens is 2. The SMILES string of the molecule is C=Cc1c(C)c2cc3nc(c(CC(=O)NCCOCCOCCNC(=O)CCCP(Cl)(c4ccccc4)(c4ccccc4)c4ccccc4)c4[nH]c(cc5nc(cc1[nH]2)C(C)=C5CC)c(C)c4C(=O)O)C(CCC(=O)NCCOCCOCCNC(=O)CCCP(Cl)(c1ccccc1)(c1ccccc1)c1ccccc1)C3C. The van der Waals surface area contributed by atoms with Crippen molar-refractivity contribution in [1.82, 2.24) is 41.2 Å². The van der Waals surface area contributed by atoms with Crippen LogP contribution in [0.4, 0.5) is 0 Å². The summed E-state index contributed by atoms with van der Waals surface area (Å²) in [7, 11) is 0. The maximum atomic E-state index is 14.5. The summed E-state index contributed by atoms with van der Waals surface area (Å²) in [5.74, 6) is -9.72. The van der Waals surface area contributed by atoms with Gasteiger partial charge in [0.15, 0.2) is 0 Å². The number of allylic oxidation sites excluding steroid dienone is 2. The molecule has 3 aromatic heterocycles. The van der Waals surface area contributed by atoms with Crippen molar-refractivity contribution in [2.75, 3.05) is 91.4 Å². The topological polar surface area (TPSA) is 248 Å². The van der Waals surface area contributed by atoms with Crippen molar-refractivity contribution in [1.29, 1.82) is 0 Å². The van der Waals surface area contributed by atoms with E-state index in [0.29, 0.717) is 97.8 Å². The monoisotopic (exact) mass is 1590 g/mol. The van der Waals surface area contributed by atoms with Gasteiger partial charge in [0.1, 0.15) is 0 Å². The molecule has 9 aromatic rings. The van der Waals surface area contributed by atoms with Gasteiger partial charge in [0.2, 0.25) is 11.8 Å². The number of aromatic nitrogens is 4. The van der Waals surface area contributed by atoms with Crippen LogP contribution in [-0.4, -0.2) is 146 Å². The average molecular weight is 1590 g/mol. The third-order valence-electron chi connectivity index (χ3n) is 21.7. The van der Waals surface area contributed by atoms with Gasteiger partial charge in [-0.3, -0.25) is 14.6 Å². The summed E-state index contributed by atoms with van der Waals surface area (Å²) in [5.41, 5.74) is 9.71. The van der Waals surface area contributed by atoms with Gasteiger partial charge >= 0.3 is 409 Å². The molecule has 18 nitrogen and oxygen atoms in total. The summed E-state index contributed by atoms with van der Waals surface area (Å²) < 4.78 is 23.4. The van der Waals surface area contributed by atoms with Crippen LogP contribution in [0.2, 0.25) is 0 Å². The Bertz CT molecular complexity index is 4780. The third-order valence-corrected chi connectivity index (χ3v) is 36.8. The second-order valence-corrected chi connectivity index (χ2v) is 41.8. The Balaban J connectivity index is 0.691. The maximum absolute atomic E-state index is 14.5. The van der Waals surface area contributed by atoms with Gasteiger partial charge < -0.3 is 25.7 Å². The van der Waals surface area contributed by atoms with Crippen LogP contribution in [0.1, 0.15) is 133 Å². The number of nitrogens with one attached hydrogen (secondary N) is 6. The van der Waals surface area contributed by atoms with Gasteiger partial charge in [-0.1, -0.05) is 26.5 Å². The van der Waals surface area contributed by atoms with Crippen molar-refractivity contribution in [3.05, 3.63) is 257 Å². The molecule has 4 amide bonds. The van der Waals surface area contributed by atoms with Crippen LogP contribution in [0.3, 0.4) is 0 Å². The van der Waals surface area contributed by atoms with Crippen molar-refractivity contribution in [2.45, 2.75) is 97.8 Å². The zero-order chi connectivity index (χ0) is 79.1. The van der Waals surface area contributed by atoms with Gasteiger partial charge in [-0.25, -0.2) is 9.78 Å². The van der Waals surface area contributed by atoms with Crippen LogP contribution >= 0.6 is 34.4 Å². The summed E-state index contributed by atoms with van der Waals surface area (Å²) in [4.78, 5) is 86.2. The minimum Gasteiger partial charge on any atom is -0.0562 e. The number of hydrogen-bond acceptors (Lipinski definition) is 11. The molecule has 2 aliphatic rings. The second kappa shape index (κ2) is 38.9. The first kappa shape index (κ1) is 83.5. The molecule has 2 atom stereocenters. The molecule has 0 saturated carbocycles. The van der Waals surface area contributed by atoms with E-state index in [1.165, 1.54) is 0 Å². The number of ether oxygens (including phenoxy) is 4. The van der Waals surface area contributed by atoms with E-state index in [-0.39, 0.29) is 113 Å². The molecule has 0 aliphatic carbocycles. The molecule has 7 N–H and O–H groups in total. The molecule has 8 bridgehead atoms. The Kier molecular flexibility index (Phi) is 29.0. The van der Waals surface area contributed by atoms with E-state index in [2.05, 4.69) is 118 Å². The molecular weight excluding hydrogens is 1490 g/mol. The number of aromatic amines is 2. The number of benzene rings is 6. The number of fused-ring (bicyclic) bond motifs is 8. The van der Waals surface area contributed by atoms with E-state index in [1.54, 1.807) is 6.92 Å². The Morgan fingerprint density at radius 3 is 1.28 bits per heavy atom. The Morgan fingerprint density at radius 2 is 0.884 bits per heavy atom. The number of rotatable bonds is 40. The van der Waals surface area contributed by atoms with Gasteiger partial charge in [0.25, 0.3) is 0 Å². The maximum Gasteiger partial charge on any atom is 0.00686 e. The number of nitrogens with zero attached hydrogens (tertiary/aromatic N) is 2. The summed E-state index contributed by atoms with van der Waals surface area (Å²) in [6, 6.07) is 67.3. The van der Waals surface area contributed by atoms with E-state index in [4.69, 9.17) is 51.4 Å². The molecule has 0 saturated heterocycles. The molecule has 2 unspecified atom stereocenters. The van der Waals surface area contributed by atoms with Gasteiger partial charge in [0, 0.05) is 64.7 Å².